The van der Waals surface area contributed by atoms with Crippen LogP contribution in [0.1, 0.15) is 43.6 Å². The molecule has 2 N–H and O–H groups in total. The van der Waals surface area contributed by atoms with Crippen LogP contribution in [0.4, 0.5) is 0 Å². The van der Waals surface area contributed by atoms with Crippen molar-refractivity contribution in [1.29, 1.82) is 0 Å². The van der Waals surface area contributed by atoms with Gasteiger partial charge in [-0.1, -0.05) is 42.5 Å². The highest BCUT2D eigenvalue weighted by atomic mass is 16.7. The van der Waals surface area contributed by atoms with Crippen LogP contribution in [0, 0.1) is 0 Å². The Morgan fingerprint density at radius 1 is 0.800 bits per heavy atom. The van der Waals surface area contributed by atoms with Gasteiger partial charge in [-0.15, -0.1) is 0 Å². The van der Waals surface area contributed by atoms with Crippen molar-refractivity contribution >= 4 is 29.7 Å². The summed E-state index contributed by atoms with van der Waals surface area (Å²) in [6.07, 6.45) is -5.06. The number of benzene rings is 2. The van der Waals surface area contributed by atoms with Gasteiger partial charge in [0, 0.05) is 34.2 Å². The molecule has 2 aromatic carbocycles. The fraction of sp³-hybridized carbons (Fsp3) is 0.393. The van der Waals surface area contributed by atoms with Gasteiger partial charge in [-0.2, -0.15) is 0 Å². The van der Waals surface area contributed by atoms with Crippen LogP contribution < -0.4 is 15.4 Å². The molecule has 1 saturated heterocycles. The normalized spacial score (nSPS) is 21.9. The predicted octanol–water partition coefficient (Wildman–Crippen LogP) is 1.65. The summed E-state index contributed by atoms with van der Waals surface area (Å²) in [6, 6.07) is 14.5. The lowest BCUT2D eigenvalue weighted by molar-refractivity contribution is -0.257. The molecule has 1 aliphatic rings. The summed E-state index contributed by atoms with van der Waals surface area (Å²) in [5.41, 5.74) is 1.07. The molecule has 0 unspecified atom stereocenters. The number of hydrogen-bond donors (Lipinski definition) is 2. The van der Waals surface area contributed by atoms with Crippen LogP contribution in [-0.4, -0.2) is 67.0 Å². The van der Waals surface area contributed by atoms with Crippen LogP contribution in [-0.2, 0) is 44.7 Å². The van der Waals surface area contributed by atoms with Crippen molar-refractivity contribution < 1.29 is 47.7 Å². The van der Waals surface area contributed by atoms with E-state index in [9.17, 15) is 24.0 Å². The van der Waals surface area contributed by atoms with Crippen molar-refractivity contribution in [3.63, 3.8) is 0 Å². The molecule has 0 bridgehead atoms. The fourth-order valence-electron chi connectivity index (χ4n) is 4.15. The van der Waals surface area contributed by atoms with E-state index in [2.05, 4.69) is 10.6 Å². The van der Waals surface area contributed by atoms with Gasteiger partial charge < -0.3 is 34.3 Å². The quantitative estimate of drug-likeness (QED) is 0.326. The minimum absolute atomic E-state index is 0.104. The van der Waals surface area contributed by atoms with Gasteiger partial charge in [0.2, 0.25) is 12.2 Å². The molecule has 12 nitrogen and oxygen atoms in total. The van der Waals surface area contributed by atoms with Crippen LogP contribution >= 0.6 is 0 Å². The zero-order valence-corrected chi connectivity index (χ0v) is 22.6. The Morgan fingerprint density at radius 3 is 2.05 bits per heavy atom. The van der Waals surface area contributed by atoms with Gasteiger partial charge in [0.05, 0.1) is 5.56 Å². The van der Waals surface area contributed by atoms with Crippen LogP contribution in [0.2, 0.25) is 0 Å². The molecule has 0 radical (unpaired) electrons. The average molecular weight is 557 g/mol. The molecule has 0 aliphatic carbocycles. The molecule has 0 spiro atoms. The lowest BCUT2D eigenvalue weighted by atomic mass is 9.96. The Hall–Kier alpha value is -4.45. The third kappa shape index (κ3) is 8.53. The van der Waals surface area contributed by atoms with E-state index in [0.29, 0.717) is 0 Å². The third-order valence-corrected chi connectivity index (χ3v) is 5.74. The van der Waals surface area contributed by atoms with Gasteiger partial charge in [-0.05, 0) is 17.7 Å². The minimum atomic E-state index is -1.36. The van der Waals surface area contributed by atoms with Gasteiger partial charge in [-0.25, -0.2) is 0 Å². The zero-order chi connectivity index (χ0) is 29.2. The maximum Gasteiger partial charge on any atom is 0.303 e. The second-order valence-corrected chi connectivity index (χ2v) is 9.00. The molecule has 12 heteroatoms. The molecular weight excluding hydrogens is 524 g/mol. The molecule has 1 aliphatic heterocycles. The fourth-order valence-corrected chi connectivity index (χ4v) is 4.15. The molecular formula is C28H32N2O10. The number of hydrogen-bond acceptors (Lipinski definition) is 10. The number of para-hydroxylation sites is 1. The van der Waals surface area contributed by atoms with Gasteiger partial charge >= 0.3 is 17.9 Å². The first-order valence-corrected chi connectivity index (χ1v) is 12.5. The highest BCUT2D eigenvalue weighted by Gasteiger charge is 2.52. The number of carbonyl (C=O) groups is 5. The van der Waals surface area contributed by atoms with Crippen LogP contribution in [0.3, 0.4) is 0 Å². The molecule has 0 aromatic heterocycles. The first kappa shape index (κ1) is 30.1. The van der Waals surface area contributed by atoms with Gasteiger partial charge in [0.15, 0.2) is 12.2 Å². The largest absolute Gasteiger partial charge is 0.463 e. The van der Waals surface area contributed by atoms with E-state index in [1.54, 1.807) is 18.2 Å². The molecule has 2 aromatic rings. The summed E-state index contributed by atoms with van der Waals surface area (Å²) in [5.74, 6) is -2.93. The van der Waals surface area contributed by atoms with E-state index < -0.39 is 60.4 Å². The maximum absolute atomic E-state index is 13.1. The molecule has 40 heavy (non-hydrogen) atoms. The topological polar surface area (TPSA) is 156 Å². The lowest BCUT2D eigenvalue weighted by Crippen LogP contribution is -2.67. The lowest BCUT2D eigenvalue weighted by Gasteiger charge is -2.44. The zero-order valence-electron chi connectivity index (χ0n) is 22.6. The second-order valence-electron chi connectivity index (χ2n) is 9.00. The number of esters is 3. The summed E-state index contributed by atoms with van der Waals surface area (Å²) in [6.45, 7) is 4.61. The van der Waals surface area contributed by atoms with Crippen molar-refractivity contribution in [3.05, 3.63) is 65.7 Å². The van der Waals surface area contributed by atoms with Crippen molar-refractivity contribution in [1.82, 2.24) is 10.6 Å². The first-order chi connectivity index (χ1) is 19.0. The Labute approximate surface area is 231 Å². The highest BCUT2D eigenvalue weighted by Crippen LogP contribution is 2.30. The second kappa shape index (κ2) is 14.1. The summed E-state index contributed by atoms with van der Waals surface area (Å²) in [7, 11) is 0. The smallest absolute Gasteiger partial charge is 0.303 e. The first-order valence-electron chi connectivity index (χ1n) is 12.5. The molecule has 214 valence electrons. The van der Waals surface area contributed by atoms with E-state index >= 15 is 0 Å². The molecule has 3 rings (SSSR count). The van der Waals surface area contributed by atoms with E-state index in [0.717, 1.165) is 19.4 Å². The average Bonchev–Trinajstić information content (AvgIpc) is 2.89. The molecule has 0 saturated carbocycles. The van der Waals surface area contributed by atoms with Crippen LogP contribution in [0.25, 0.3) is 0 Å². The standard InChI is InChI=1S/C28H32N2O10/c1-16(31)30-24-26(38-19(4)34)25(37-18(3)33)23(15-36-17(2)32)40-28(24)39-22-13-9-8-12-21(22)27(35)29-14-20-10-6-5-7-11-20/h5-13,23-26,28H,14-15H2,1-4H3,(H,29,35)(H,30,31)/t23-,24-,25-,26-,28-/m0/s1. The maximum atomic E-state index is 13.1. The summed E-state index contributed by atoms with van der Waals surface area (Å²) in [5, 5.41) is 5.45. The third-order valence-electron chi connectivity index (χ3n) is 5.74. The number of carbonyl (C=O) groups excluding carboxylic acids is 5. The predicted molar refractivity (Wildman–Crippen MR) is 139 cm³/mol. The van der Waals surface area contributed by atoms with E-state index in [4.69, 9.17) is 23.7 Å². The monoisotopic (exact) mass is 556 g/mol. The highest BCUT2D eigenvalue weighted by molar-refractivity contribution is 5.96. The molecule has 5 atom stereocenters. The van der Waals surface area contributed by atoms with Crippen molar-refractivity contribution in [2.24, 2.45) is 0 Å². The molecule has 1 fully saturated rings. The Balaban J connectivity index is 1.94. The summed E-state index contributed by atoms with van der Waals surface area (Å²) in [4.78, 5) is 60.7. The van der Waals surface area contributed by atoms with Gasteiger partial charge in [0.25, 0.3) is 5.91 Å². The number of rotatable bonds is 10. The summed E-state index contributed by atoms with van der Waals surface area (Å²) >= 11 is 0. The van der Waals surface area contributed by atoms with Gasteiger partial charge in [0.1, 0.15) is 24.5 Å². The Morgan fingerprint density at radius 2 is 1.43 bits per heavy atom. The minimum Gasteiger partial charge on any atom is -0.463 e. The molecule has 1 heterocycles. The summed E-state index contributed by atoms with van der Waals surface area (Å²) < 4.78 is 28.1. The Kier molecular flexibility index (Phi) is 10.6. The number of amides is 2. The molecule has 2 amide bonds. The van der Waals surface area contributed by atoms with E-state index in [1.807, 2.05) is 30.3 Å². The van der Waals surface area contributed by atoms with Crippen LogP contribution in [0.5, 0.6) is 5.75 Å². The van der Waals surface area contributed by atoms with Gasteiger partial charge in [-0.3, -0.25) is 24.0 Å². The van der Waals surface area contributed by atoms with E-state index in [-0.39, 0.29) is 24.5 Å². The van der Waals surface area contributed by atoms with Crippen molar-refractivity contribution in [2.75, 3.05) is 6.61 Å². The number of ether oxygens (including phenoxy) is 5. The SMILES string of the molecule is CC(=O)N[C@@H]1[C@@H](Oc2ccccc2C(=O)NCc2ccccc2)O[C@@H](COC(C)=O)[C@H](OC(C)=O)[C@H]1OC(C)=O. The Bertz CT molecular complexity index is 1220. The van der Waals surface area contributed by atoms with E-state index in [1.165, 1.54) is 19.9 Å². The number of nitrogens with one attached hydrogen (secondary N) is 2. The van der Waals surface area contributed by atoms with Crippen LogP contribution in [0.15, 0.2) is 54.6 Å². The van der Waals surface area contributed by atoms with Crippen molar-refractivity contribution in [3.8, 4) is 5.75 Å². The van der Waals surface area contributed by atoms with Crippen molar-refractivity contribution in [2.45, 2.75) is 64.9 Å².